The second-order valence-corrected chi connectivity index (χ2v) is 4.96. The number of nitrogens with one attached hydrogen (secondary N) is 1. The van der Waals surface area contributed by atoms with Crippen molar-refractivity contribution in [1.82, 2.24) is 4.98 Å². The quantitative estimate of drug-likeness (QED) is 0.811. The molecule has 0 saturated heterocycles. The molecule has 0 amide bonds. The van der Waals surface area contributed by atoms with Crippen LogP contribution in [0.5, 0.6) is 0 Å². The highest BCUT2D eigenvalue weighted by Gasteiger charge is 2.11. The summed E-state index contributed by atoms with van der Waals surface area (Å²) in [5.74, 6) is -0.0450. The van der Waals surface area contributed by atoms with Crippen molar-refractivity contribution in [1.29, 1.82) is 0 Å². The average Bonchev–Trinajstić information content (AvgIpc) is 2.28. The fraction of sp³-hybridized carbons (Fsp3) is 0.571. The lowest BCUT2D eigenvalue weighted by atomic mass is 10.1. The summed E-state index contributed by atoms with van der Waals surface area (Å²) in [5, 5.41) is 12.4. The molecule has 1 aromatic heterocycles. The number of carbonyl (C=O) groups is 1. The highest BCUT2D eigenvalue weighted by molar-refractivity contribution is 5.88. The van der Waals surface area contributed by atoms with E-state index in [-0.39, 0.29) is 5.92 Å². The Balaban J connectivity index is 2.99. The molecule has 0 fully saturated rings. The van der Waals surface area contributed by atoms with Crippen molar-refractivity contribution < 1.29 is 9.90 Å². The third kappa shape index (κ3) is 4.02. The molecular weight excluding hydrogens is 228 g/mol. The predicted octanol–water partition coefficient (Wildman–Crippen LogP) is 3.50. The SMILES string of the molecule is CCCC(C)Nc1cc(C(=O)O)cc(C(C)C)n1. The van der Waals surface area contributed by atoms with Crippen LogP contribution in [-0.2, 0) is 0 Å². The molecule has 4 nitrogen and oxygen atoms in total. The van der Waals surface area contributed by atoms with Crippen LogP contribution in [0.1, 0.15) is 62.5 Å². The van der Waals surface area contributed by atoms with Gasteiger partial charge in [0, 0.05) is 11.7 Å². The molecule has 0 spiro atoms. The summed E-state index contributed by atoms with van der Waals surface area (Å²) in [6, 6.07) is 3.54. The van der Waals surface area contributed by atoms with Crippen molar-refractivity contribution in [3.05, 3.63) is 23.4 Å². The number of hydrogen-bond donors (Lipinski definition) is 2. The van der Waals surface area contributed by atoms with E-state index in [1.54, 1.807) is 12.1 Å². The van der Waals surface area contributed by atoms with Gasteiger partial charge in [0.2, 0.25) is 0 Å². The number of rotatable bonds is 6. The van der Waals surface area contributed by atoms with Crippen LogP contribution in [0.4, 0.5) is 5.82 Å². The van der Waals surface area contributed by atoms with Gasteiger partial charge in [0.25, 0.3) is 0 Å². The molecule has 0 bridgehead atoms. The number of carboxylic acid groups (broad SMARTS) is 1. The molecule has 4 heteroatoms. The summed E-state index contributed by atoms with van der Waals surface area (Å²) < 4.78 is 0. The van der Waals surface area contributed by atoms with Gasteiger partial charge < -0.3 is 10.4 Å². The first-order valence-electron chi connectivity index (χ1n) is 6.45. The fourth-order valence-corrected chi connectivity index (χ4v) is 1.80. The Bertz CT molecular complexity index is 416. The summed E-state index contributed by atoms with van der Waals surface area (Å²) in [6.07, 6.45) is 2.12. The monoisotopic (exact) mass is 250 g/mol. The lowest BCUT2D eigenvalue weighted by molar-refractivity contribution is 0.0696. The molecule has 18 heavy (non-hydrogen) atoms. The minimum Gasteiger partial charge on any atom is -0.478 e. The molecule has 1 atom stereocenters. The molecule has 1 unspecified atom stereocenters. The average molecular weight is 250 g/mol. The van der Waals surface area contributed by atoms with Crippen molar-refractivity contribution in [2.75, 3.05) is 5.32 Å². The van der Waals surface area contributed by atoms with E-state index in [9.17, 15) is 4.79 Å². The second-order valence-electron chi connectivity index (χ2n) is 4.96. The molecule has 1 heterocycles. The first-order valence-corrected chi connectivity index (χ1v) is 6.45. The highest BCUT2D eigenvalue weighted by Crippen LogP contribution is 2.18. The zero-order valence-corrected chi connectivity index (χ0v) is 11.5. The lowest BCUT2D eigenvalue weighted by Gasteiger charge is -2.16. The van der Waals surface area contributed by atoms with Crippen LogP contribution in [0.3, 0.4) is 0 Å². The van der Waals surface area contributed by atoms with E-state index in [1.165, 1.54) is 0 Å². The Morgan fingerprint density at radius 1 is 1.39 bits per heavy atom. The van der Waals surface area contributed by atoms with Gasteiger partial charge in [-0.3, -0.25) is 0 Å². The minimum atomic E-state index is -0.912. The van der Waals surface area contributed by atoms with Gasteiger partial charge in [-0.1, -0.05) is 27.2 Å². The van der Waals surface area contributed by atoms with E-state index >= 15 is 0 Å². The van der Waals surface area contributed by atoms with Crippen molar-refractivity contribution in [3.63, 3.8) is 0 Å². The van der Waals surface area contributed by atoms with E-state index in [2.05, 4.69) is 24.1 Å². The van der Waals surface area contributed by atoms with E-state index in [4.69, 9.17) is 5.11 Å². The van der Waals surface area contributed by atoms with Crippen LogP contribution in [0.2, 0.25) is 0 Å². The van der Waals surface area contributed by atoms with E-state index < -0.39 is 5.97 Å². The van der Waals surface area contributed by atoms with E-state index in [0.717, 1.165) is 18.5 Å². The van der Waals surface area contributed by atoms with Gasteiger partial charge in [-0.15, -0.1) is 0 Å². The molecule has 0 aromatic carbocycles. The molecule has 2 N–H and O–H groups in total. The van der Waals surface area contributed by atoms with Gasteiger partial charge in [0.15, 0.2) is 0 Å². The maximum absolute atomic E-state index is 11.1. The predicted molar refractivity (Wildman–Crippen MR) is 73.3 cm³/mol. The molecule has 0 aliphatic carbocycles. The van der Waals surface area contributed by atoms with E-state index in [1.807, 2.05) is 13.8 Å². The maximum atomic E-state index is 11.1. The van der Waals surface area contributed by atoms with Crippen molar-refractivity contribution in [2.45, 2.75) is 52.5 Å². The molecular formula is C14H22N2O2. The Kier molecular flexibility index (Phi) is 5.13. The number of aromatic carboxylic acids is 1. The molecule has 100 valence electrons. The summed E-state index contributed by atoms with van der Waals surface area (Å²) >= 11 is 0. The first kappa shape index (κ1) is 14.5. The standard InChI is InChI=1S/C14H22N2O2/c1-5-6-10(4)15-13-8-11(14(17)18)7-12(16-13)9(2)3/h7-10H,5-6H2,1-4H3,(H,15,16)(H,17,18). The van der Waals surface area contributed by atoms with Gasteiger partial charge in [-0.05, 0) is 31.4 Å². The highest BCUT2D eigenvalue weighted by atomic mass is 16.4. The number of anilines is 1. The summed E-state index contributed by atoms with van der Waals surface area (Å²) in [5.41, 5.74) is 1.10. The Morgan fingerprint density at radius 2 is 2.06 bits per heavy atom. The summed E-state index contributed by atoms with van der Waals surface area (Å²) in [4.78, 5) is 15.5. The molecule has 0 radical (unpaired) electrons. The Labute approximate surface area is 108 Å². The van der Waals surface area contributed by atoms with Gasteiger partial charge in [-0.2, -0.15) is 0 Å². The first-order chi connectivity index (χ1) is 8.43. The fourth-order valence-electron chi connectivity index (χ4n) is 1.80. The van der Waals surface area contributed by atoms with Crippen LogP contribution >= 0.6 is 0 Å². The number of aromatic nitrogens is 1. The van der Waals surface area contributed by atoms with Crippen molar-refractivity contribution in [3.8, 4) is 0 Å². The Morgan fingerprint density at radius 3 is 2.56 bits per heavy atom. The smallest absolute Gasteiger partial charge is 0.335 e. The molecule has 0 aliphatic rings. The third-order valence-corrected chi connectivity index (χ3v) is 2.80. The van der Waals surface area contributed by atoms with E-state index in [0.29, 0.717) is 17.4 Å². The number of carboxylic acids is 1. The normalized spacial score (nSPS) is 12.5. The zero-order chi connectivity index (χ0) is 13.7. The third-order valence-electron chi connectivity index (χ3n) is 2.80. The van der Waals surface area contributed by atoms with Gasteiger partial charge >= 0.3 is 5.97 Å². The van der Waals surface area contributed by atoms with Gasteiger partial charge in [0.1, 0.15) is 5.82 Å². The van der Waals surface area contributed by atoms with Crippen molar-refractivity contribution in [2.24, 2.45) is 0 Å². The molecule has 1 aromatic rings. The summed E-state index contributed by atoms with van der Waals surface area (Å²) in [6.45, 7) is 8.22. The number of nitrogens with zero attached hydrogens (tertiary/aromatic N) is 1. The van der Waals surface area contributed by atoms with Gasteiger partial charge in [-0.25, -0.2) is 9.78 Å². The minimum absolute atomic E-state index is 0.214. The molecule has 0 saturated carbocycles. The van der Waals surface area contributed by atoms with Crippen LogP contribution in [0.15, 0.2) is 12.1 Å². The number of pyridine rings is 1. The van der Waals surface area contributed by atoms with Crippen molar-refractivity contribution >= 4 is 11.8 Å². The second kappa shape index (κ2) is 6.38. The molecule has 0 aliphatic heterocycles. The van der Waals surface area contributed by atoms with Crippen LogP contribution in [-0.4, -0.2) is 22.1 Å². The zero-order valence-electron chi connectivity index (χ0n) is 11.5. The summed E-state index contributed by atoms with van der Waals surface area (Å²) in [7, 11) is 0. The van der Waals surface area contributed by atoms with Gasteiger partial charge in [0.05, 0.1) is 5.56 Å². The van der Waals surface area contributed by atoms with Crippen LogP contribution in [0.25, 0.3) is 0 Å². The van der Waals surface area contributed by atoms with Crippen LogP contribution in [0, 0.1) is 0 Å². The van der Waals surface area contributed by atoms with Crippen LogP contribution < -0.4 is 5.32 Å². The maximum Gasteiger partial charge on any atom is 0.335 e. The topological polar surface area (TPSA) is 62.2 Å². The Hall–Kier alpha value is -1.58. The largest absolute Gasteiger partial charge is 0.478 e. The number of hydrogen-bond acceptors (Lipinski definition) is 3. The lowest BCUT2D eigenvalue weighted by Crippen LogP contribution is -2.16. The molecule has 1 rings (SSSR count).